The summed E-state index contributed by atoms with van der Waals surface area (Å²) in [7, 11) is 0. The second-order valence-corrected chi connectivity index (χ2v) is 6.47. The molecule has 0 spiro atoms. The van der Waals surface area contributed by atoms with Gasteiger partial charge < -0.3 is 10.5 Å². The number of nitrogens with two attached hydrogens (primary N) is 1. The van der Waals surface area contributed by atoms with E-state index in [2.05, 4.69) is 18.7 Å². The van der Waals surface area contributed by atoms with Crippen LogP contribution in [0.15, 0.2) is 0 Å². The Morgan fingerprint density at radius 3 is 2.26 bits per heavy atom. The molecule has 1 heterocycles. The zero-order valence-corrected chi connectivity index (χ0v) is 12.9. The number of nitrogens with zero attached hydrogens (tertiary/aromatic N) is 1. The number of likely N-dealkylation sites (tertiary alicyclic amines) is 1. The maximum Gasteiger partial charge on any atom is 0.0576 e. The molecule has 0 amide bonds. The lowest BCUT2D eigenvalue weighted by atomic mass is 9.76. The van der Waals surface area contributed by atoms with Gasteiger partial charge in [0.05, 0.1) is 6.10 Å². The normalized spacial score (nSPS) is 34.6. The van der Waals surface area contributed by atoms with Gasteiger partial charge in [0.25, 0.3) is 0 Å². The van der Waals surface area contributed by atoms with Crippen molar-refractivity contribution in [3.8, 4) is 0 Å². The zero-order chi connectivity index (χ0) is 13.7. The van der Waals surface area contributed by atoms with E-state index in [1.54, 1.807) is 0 Å². The molecule has 1 aliphatic carbocycles. The molecule has 19 heavy (non-hydrogen) atoms. The van der Waals surface area contributed by atoms with Crippen LogP contribution in [-0.2, 0) is 4.74 Å². The maximum absolute atomic E-state index is 6.04. The number of hydrogen-bond acceptors (Lipinski definition) is 3. The predicted octanol–water partition coefficient (Wildman–Crippen LogP) is 2.93. The molecule has 0 atom stereocenters. The molecule has 3 heteroatoms. The smallest absolute Gasteiger partial charge is 0.0576 e. The van der Waals surface area contributed by atoms with Gasteiger partial charge in [0.1, 0.15) is 0 Å². The lowest BCUT2D eigenvalue weighted by Gasteiger charge is -2.50. The molecule has 2 fully saturated rings. The molecule has 2 N–H and O–H groups in total. The van der Waals surface area contributed by atoms with Crippen molar-refractivity contribution in [2.45, 2.75) is 82.9 Å². The van der Waals surface area contributed by atoms with E-state index >= 15 is 0 Å². The average Bonchev–Trinajstić information content (AvgIpc) is 2.46. The van der Waals surface area contributed by atoms with Crippen LogP contribution in [0.5, 0.6) is 0 Å². The lowest BCUT2D eigenvalue weighted by molar-refractivity contribution is -0.0372. The Balaban J connectivity index is 1.86. The summed E-state index contributed by atoms with van der Waals surface area (Å²) in [6.07, 6.45) is 10.4. The standard InChI is InChI=1S/C16H32N2O/c1-3-13-19-15-5-9-16(4-2,10-6-15)18-11-7-14(17)8-12-18/h14-15H,3-13,17H2,1-2H3/t15-,16-. The molecule has 2 aliphatic rings. The topological polar surface area (TPSA) is 38.5 Å². The first-order chi connectivity index (χ1) is 9.20. The van der Waals surface area contributed by atoms with Crippen LogP contribution in [0.4, 0.5) is 0 Å². The number of ether oxygens (including phenoxy) is 1. The highest BCUT2D eigenvalue weighted by Crippen LogP contribution is 2.38. The van der Waals surface area contributed by atoms with Crippen LogP contribution in [-0.4, -0.2) is 42.3 Å². The number of hydrogen-bond donors (Lipinski definition) is 1. The molecular weight excluding hydrogens is 236 g/mol. The predicted molar refractivity (Wildman–Crippen MR) is 80.3 cm³/mol. The van der Waals surface area contributed by atoms with E-state index in [1.807, 2.05) is 0 Å². The fourth-order valence-electron chi connectivity index (χ4n) is 3.85. The van der Waals surface area contributed by atoms with Crippen molar-refractivity contribution in [3.05, 3.63) is 0 Å². The minimum Gasteiger partial charge on any atom is -0.378 e. The highest BCUT2D eigenvalue weighted by molar-refractivity contribution is 4.96. The van der Waals surface area contributed by atoms with E-state index in [4.69, 9.17) is 10.5 Å². The summed E-state index contributed by atoms with van der Waals surface area (Å²) in [5.41, 5.74) is 6.49. The van der Waals surface area contributed by atoms with E-state index in [-0.39, 0.29) is 0 Å². The Hall–Kier alpha value is -0.120. The zero-order valence-electron chi connectivity index (χ0n) is 12.9. The second kappa shape index (κ2) is 7.05. The van der Waals surface area contributed by atoms with Gasteiger partial charge in [-0.3, -0.25) is 4.90 Å². The summed E-state index contributed by atoms with van der Waals surface area (Å²) >= 11 is 0. The van der Waals surface area contributed by atoms with Gasteiger partial charge in [0.15, 0.2) is 0 Å². The maximum atomic E-state index is 6.04. The van der Waals surface area contributed by atoms with Gasteiger partial charge in [-0.05, 0) is 51.4 Å². The molecule has 0 aromatic heterocycles. The van der Waals surface area contributed by atoms with E-state index in [1.165, 1.54) is 58.0 Å². The number of rotatable bonds is 5. The van der Waals surface area contributed by atoms with E-state index in [0.717, 1.165) is 13.0 Å². The summed E-state index contributed by atoms with van der Waals surface area (Å²) in [6.45, 7) is 7.89. The Labute approximate surface area is 118 Å². The van der Waals surface area contributed by atoms with Crippen LogP contribution in [0.25, 0.3) is 0 Å². The second-order valence-electron chi connectivity index (χ2n) is 6.47. The lowest BCUT2D eigenvalue weighted by Crippen LogP contribution is -2.55. The summed E-state index contributed by atoms with van der Waals surface area (Å²) in [5, 5.41) is 0. The molecule has 0 aromatic carbocycles. The fourth-order valence-corrected chi connectivity index (χ4v) is 3.85. The van der Waals surface area contributed by atoms with E-state index in [0.29, 0.717) is 17.7 Å². The highest BCUT2D eigenvalue weighted by Gasteiger charge is 2.39. The summed E-state index contributed by atoms with van der Waals surface area (Å²) < 4.78 is 5.94. The van der Waals surface area contributed by atoms with Crippen molar-refractivity contribution in [1.29, 1.82) is 0 Å². The molecule has 1 aliphatic heterocycles. The molecule has 0 unspecified atom stereocenters. The van der Waals surface area contributed by atoms with Crippen LogP contribution in [0.3, 0.4) is 0 Å². The summed E-state index contributed by atoms with van der Waals surface area (Å²) in [5.74, 6) is 0. The third-order valence-electron chi connectivity index (χ3n) is 5.29. The molecule has 0 aromatic rings. The van der Waals surface area contributed by atoms with Crippen molar-refractivity contribution in [3.63, 3.8) is 0 Å². The van der Waals surface area contributed by atoms with Crippen LogP contribution >= 0.6 is 0 Å². The first kappa shape index (κ1) is 15.3. The van der Waals surface area contributed by atoms with Crippen molar-refractivity contribution < 1.29 is 4.74 Å². The van der Waals surface area contributed by atoms with Crippen molar-refractivity contribution in [2.24, 2.45) is 5.73 Å². The van der Waals surface area contributed by atoms with Crippen LogP contribution in [0.1, 0.15) is 65.2 Å². The van der Waals surface area contributed by atoms with Gasteiger partial charge >= 0.3 is 0 Å². The Bertz CT molecular complexity index is 253. The van der Waals surface area contributed by atoms with Gasteiger partial charge in [0.2, 0.25) is 0 Å². The third-order valence-corrected chi connectivity index (χ3v) is 5.29. The Morgan fingerprint density at radius 1 is 1.11 bits per heavy atom. The molecule has 112 valence electrons. The summed E-state index contributed by atoms with van der Waals surface area (Å²) in [6, 6.07) is 0.439. The van der Waals surface area contributed by atoms with Crippen LogP contribution in [0.2, 0.25) is 0 Å². The molecule has 3 nitrogen and oxygen atoms in total. The minimum atomic E-state index is 0.439. The van der Waals surface area contributed by atoms with Crippen LogP contribution < -0.4 is 5.73 Å². The van der Waals surface area contributed by atoms with Gasteiger partial charge in [-0.25, -0.2) is 0 Å². The monoisotopic (exact) mass is 268 g/mol. The molecular formula is C16H32N2O. The van der Waals surface area contributed by atoms with Gasteiger partial charge in [-0.1, -0.05) is 13.8 Å². The largest absolute Gasteiger partial charge is 0.378 e. The Kier molecular flexibility index (Phi) is 5.67. The van der Waals surface area contributed by atoms with E-state index in [9.17, 15) is 0 Å². The molecule has 0 radical (unpaired) electrons. The minimum absolute atomic E-state index is 0.439. The highest BCUT2D eigenvalue weighted by atomic mass is 16.5. The molecule has 2 rings (SSSR count). The Morgan fingerprint density at radius 2 is 1.74 bits per heavy atom. The first-order valence-corrected chi connectivity index (χ1v) is 8.32. The quantitative estimate of drug-likeness (QED) is 0.833. The van der Waals surface area contributed by atoms with Gasteiger partial charge in [0, 0.05) is 31.3 Å². The number of piperidine rings is 1. The molecule has 1 saturated heterocycles. The average molecular weight is 268 g/mol. The van der Waals surface area contributed by atoms with Gasteiger partial charge in [-0.15, -0.1) is 0 Å². The van der Waals surface area contributed by atoms with E-state index < -0.39 is 0 Å². The van der Waals surface area contributed by atoms with Crippen molar-refractivity contribution in [1.82, 2.24) is 4.90 Å². The van der Waals surface area contributed by atoms with Gasteiger partial charge in [-0.2, -0.15) is 0 Å². The van der Waals surface area contributed by atoms with Crippen LogP contribution in [0, 0.1) is 0 Å². The first-order valence-electron chi connectivity index (χ1n) is 8.32. The SMILES string of the molecule is CCCO[C@H]1CC[C@](CC)(N2CCC(N)CC2)CC1. The third kappa shape index (κ3) is 3.71. The summed E-state index contributed by atoms with van der Waals surface area (Å²) in [4.78, 5) is 2.74. The fraction of sp³-hybridized carbons (Fsp3) is 1.00. The van der Waals surface area contributed by atoms with Crippen molar-refractivity contribution >= 4 is 0 Å². The molecule has 1 saturated carbocycles. The molecule has 0 bridgehead atoms. The van der Waals surface area contributed by atoms with Crippen molar-refractivity contribution in [2.75, 3.05) is 19.7 Å².